The smallest absolute Gasteiger partial charge is 0.235 e. The highest BCUT2D eigenvalue weighted by atomic mass is 79.9. The van der Waals surface area contributed by atoms with Crippen LogP contribution in [0.1, 0.15) is 30.0 Å². The van der Waals surface area contributed by atoms with E-state index in [0.717, 1.165) is 41.7 Å². The van der Waals surface area contributed by atoms with E-state index >= 15 is 0 Å². The second kappa shape index (κ2) is 10.4. The lowest BCUT2D eigenvalue weighted by molar-refractivity contribution is -0.118. The van der Waals surface area contributed by atoms with E-state index < -0.39 is 21.5 Å². The van der Waals surface area contributed by atoms with Crippen LogP contribution >= 0.6 is 15.9 Å². The Morgan fingerprint density at radius 2 is 1.73 bits per heavy atom. The molecule has 8 heteroatoms. The maximum Gasteiger partial charge on any atom is 0.235 e. The molecule has 0 aromatic heterocycles. The number of nitrogens with zero attached hydrogens (tertiary/aromatic N) is 1. The molecule has 1 aliphatic rings. The van der Waals surface area contributed by atoms with Gasteiger partial charge < -0.3 is 10.1 Å². The summed E-state index contributed by atoms with van der Waals surface area (Å²) >= 11 is 3.33. The molecule has 1 unspecified atom stereocenters. The van der Waals surface area contributed by atoms with Crippen molar-refractivity contribution >= 4 is 31.7 Å². The maximum atomic E-state index is 12.4. The van der Waals surface area contributed by atoms with E-state index in [9.17, 15) is 13.2 Å². The number of benzene rings is 2. The standard InChI is InChI=1S/C22H27BrN2O4S/c1-29-20-10-6-18(7-11-20)21(25-12-2-3-13-25)14-24-22(26)16-30(27,28)15-17-4-8-19(23)9-5-17/h4-11,21H,2-3,12-16H2,1H3,(H,24,26). The molecule has 30 heavy (non-hydrogen) atoms. The van der Waals surface area contributed by atoms with Crippen molar-refractivity contribution < 1.29 is 17.9 Å². The number of ether oxygens (including phenoxy) is 1. The minimum absolute atomic E-state index is 0.0107. The van der Waals surface area contributed by atoms with Crippen LogP contribution in [0.3, 0.4) is 0 Å². The van der Waals surface area contributed by atoms with Crippen molar-refractivity contribution in [2.45, 2.75) is 24.6 Å². The van der Waals surface area contributed by atoms with Gasteiger partial charge >= 0.3 is 0 Å². The zero-order chi connectivity index (χ0) is 21.6. The number of nitrogens with one attached hydrogen (secondary N) is 1. The van der Waals surface area contributed by atoms with Gasteiger partial charge in [-0.15, -0.1) is 0 Å². The molecule has 1 heterocycles. The van der Waals surface area contributed by atoms with Crippen LogP contribution in [-0.2, 0) is 20.4 Å². The molecular formula is C22H27BrN2O4S. The van der Waals surface area contributed by atoms with Crippen LogP contribution in [0.25, 0.3) is 0 Å². The van der Waals surface area contributed by atoms with E-state index in [4.69, 9.17) is 4.74 Å². The van der Waals surface area contributed by atoms with Crippen molar-refractivity contribution in [3.05, 3.63) is 64.1 Å². The SMILES string of the molecule is COc1ccc(C(CNC(=O)CS(=O)(=O)Cc2ccc(Br)cc2)N2CCCC2)cc1. The number of carbonyl (C=O) groups is 1. The van der Waals surface area contributed by atoms with Gasteiger partial charge in [-0.25, -0.2) is 8.42 Å². The second-order valence-corrected chi connectivity index (χ2v) is 10.5. The number of methoxy groups -OCH3 is 1. The molecule has 1 aliphatic heterocycles. The number of amides is 1. The van der Waals surface area contributed by atoms with E-state index in [0.29, 0.717) is 12.1 Å². The third kappa shape index (κ3) is 6.55. The number of sulfone groups is 1. The minimum atomic E-state index is -3.54. The van der Waals surface area contributed by atoms with Crippen LogP contribution < -0.4 is 10.1 Å². The second-order valence-electron chi connectivity index (χ2n) is 7.49. The zero-order valence-electron chi connectivity index (χ0n) is 17.0. The summed E-state index contributed by atoms with van der Waals surface area (Å²) in [7, 11) is -1.92. The van der Waals surface area contributed by atoms with Crippen LogP contribution in [0.5, 0.6) is 5.75 Å². The largest absolute Gasteiger partial charge is 0.497 e. The lowest BCUT2D eigenvalue weighted by Gasteiger charge is -2.28. The summed E-state index contributed by atoms with van der Waals surface area (Å²) in [5.74, 6) is -0.355. The molecule has 2 aromatic carbocycles. The summed E-state index contributed by atoms with van der Waals surface area (Å²) in [6, 6.07) is 14.9. The van der Waals surface area contributed by atoms with Gasteiger partial charge in [0.1, 0.15) is 11.5 Å². The normalized spacial score (nSPS) is 15.7. The fourth-order valence-electron chi connectivity index (χ4n) is 3.68. The third-order valence-electron chi connectivity index (χ3n) is 5.23. The molecule has 0 aliphatic carbocycles. The van der Waals surface area contributed by atoms with Crippen LogP contribution in [0, 0.1) is 0 Å². The van der Waals surface area contributed by atoms with Gasteiger partial charge in [0, 0.05) is 11.0 Å². The van der Waals surface area contributed by atoms with E-state index in [1.165, 1.54) is 0 Å². The summed E-state index contributed by atoms with van der Waals surface area (Å²) in [6.45, 7) is 2.31. The Labute approximate surface area is 186 Å². The van der Waals surface area contributed by atoms with Crippen molar-refractivity contribution in [1.29, 1.82) is 0 Å². The van der Waals surface area contributed by atoms with Crippen molar-refractivity contribution in [3.8, 4) is 5.75 Å². The van der Waals surface area contributed by atoms with Crippen molar-refractivity contribution in [2.24, 2.45) is 0 Å². The first-order valence-corrected chi connectivity index (χ1v) is 12.6. The highest BCUT2D eigenvalue weighted by molar-refractivity contribution is 9.10. The van der Waals surface area contributed by atoms with Crippen molar-refractivity contribution in [1.82, 2.24) is 10.2 Å². The first-order valence-electron chi connectivity index (χ1n) is 9.96. The summed E-state index contributed by atoms with van der Waals surface area (Å²) in [5.41, 5.74) is 1.75. The first kappa shape index (κ1) is 22.8. The fourth-order valence-corrected chi connectivity index (χ4v) is 5.25. The van der Waals surface area contributed by atoms with E-state index in [2.05, 4.69) is 26.1 Å². The monoisotopic (exact) mass is 494 g/mol. The number of likely N-dealkylation sites (tertiary alicyclic amines) is 1. The van der Waals surface area contributed by atoms with Gasteiger partial charge in [-0.2, -0.15) is 0 Å². The van der Waals surface area contributed by atoms with Crippen molar-refractivity contribution in [2.75, 3.05) is 32.5 Å². The van der Waals surface area contributed by atoms with E-state index in [1.807, 2.05) is 24.3 Å². The van der Waals surface area contributed by atoms with Gasteiger partial charge in [-0.1, -0.05) is 40.2 Å². The average Bonchev–Trinajstić information content (AvgIpc) is 3.24. The Morgan fingerprint density at radius 1 is 1.10 bits per heavy atom. The number of carbonyl (C=O) groups excluding carboxylic acids is 1. The summed E-state index contributed by atoms with van der Waals surface area (Å²) in [6.07, 6.45) is 2.25. The lowest BCUT2D eigenvalue weighted by atomic mass is 10.1. The summed E-state index contributed by atoms with van der Waals surface area (Å²) < 4.78 is 31.0. The topological polar surface area (TPSA) is 75.7 Å². The Bertz CT molecular complexity index is 940. The number of hydrogen-bond donors (Lipinski definition) is 1. The zero-order valence-corrected chi connectivity index (χ0v) is 19.4. The molecule has 0 saturated carbocycles. The Hall–Kier alpha value is -1.90. The molecule has 1 N–H and O–H groups in total. The quantitative estimate of drug-likeness (QED) is 0.578. The molecule has 1 fully saturated rings. The molecule has 3 rings (SSSR count). The molecule has 6 nitrogen and oxygen atoms in total. The van der Waals surface area contributed by atoms with Crippen molar-refractivity contribution in [3.63, 3.8) is 0 Å². The average molecular weight is 495 g/mol. The van der Waals surface area contributed by atoms with Crippen LogP contribution in [0.4, 0.5) is 0 Å². The predicted molar refractivity (Wildman–Crippen MR) is 121 cm³/mol. The van der Waals surface area contributed by atoms with E-state index in [1.54, 1.807) is 31.4 Å². The van der Waals surface area contributed by atoms with Gasteiger partial charge in [0.05, 0.1) is 18.9 Å². The summed E-state index contributed by atoms with van der Waals surface area (Å²) in [4.78, 5) is 14.7. The summed E-state index contributed by atoms with van der Waals surface area (Å²) in [5, 5.41) is 2.84. The van der Waals surface area contributed by atoms with Gasteiger partial charge in [-0.05, 0) is 61.3 Å². The highest BCUT2D eigenvalue weighted by Gasteiger charge is 2.25. The Morgan fingerprint density at radius 3 is 2.33 bits per heavy atom. The Kier molecular flexibility index (Phi) is 7.91. The number of hydrogen-bond acceptors (Lipinski definition) is 5. The van der Waals surface area contributed by atoms with Gasteiger partial charge in [0.2, 0.25) is 5.91 Å². The van der Waals surface area contributed by atoms with Crippen LogP contribution in [0.15, 0.2) is 53.0 Å². The lowest BCUT2D eigenvalue weighted by Crippen LogP contribution is -2.39. The molecule has 0 spiro atoms. The van der Waals surface area contributed by atoms with Crippen LogP contribution in [-0.4, -0.2) is 51.7 Å². The van der Waals surface area contributed by atoms with E-state index in [-0.39, 0.29) is 11.8 Å². The molecule has 1 amide bonds. The predicted octanol–water partition coefficient (Wildman–Crippen LogP) is 3.33. The highest BCUT2D eigenvalue weighted by Crippen LogP contribution is 2.26. The molecule has 1 saturated heterocycles. The number of halogens is 1. The minimum Gasteiger partial charge on any atom is -0.497 e. The number of rotatable bonds is 9. The molecule has 162 valence electrons. The molecule has 0 bridgehead atoms. The molecule has 2 aromatic rings. The van der Waals surface area contributed by atoms with Gasteiger partial charge in [0.15, 0.2) is 9.84 Å². The maximum absolute atomic E-state index is 12.4. The first-order chi connectivity index (χ1) is 14.4. The van der Waals surface area contributed by atoms with Gasteiger partial charge in [0.25, 0.3) is 0 Å². The molecule has 1 atom stereocenters. The Balaban J connectivity index is 1.61. The van der Waals surface area contributed by atoms with Crippen LogP contribution in [0.2, 0.25) is 0 Å². The fraction of sp³-hybridized carbons (Fsp3) is 0.409. The molecule has 0 radical (unpaired) electrons. The third-order valence-corrected chi connectivity index (χ3v) is 7.23. The molecular weight excluding hydrogens is 468 g/mol. The van der Waals surface area contributed by atoms with Gasteiger partial charge in [-0.3, -0.25) is 9.69 Å².